The fourth-order valence-corrected chi connectivity index (χ4v) is 4.90. The molecule has 3 N–H and O–H groups in total. The summed E-state index contributed by atoms with van der Waals surface area (Å²) in [5.74, 6) is 0.712. The molecule has 1 amide bonds. The van der Waals surface area contributed by atoms with E-state index in [-0.39, 0.29) is 23.7 Å². The van der Waals surface area contributed by atoms with Crippen LogP contribution in [0.5, 0.6) is 0 Å². The number of fused-ring (bicyclic) bond motifs is 2. The van der Waals surface area contributed by atoms with Gasteiger partial charge >= 0.3 is 0 Å². The number of hydrogen-bond donors (Lipinski definition) is 2. The van der Waals surface area contributed by atoms with Crippen LogP contribution in [0.15, 0.2) is 6.07 Å². The molecule has 120 valence electrons. The molecule has 7 heteroatoms. The number of carbonyl (C=O) groups excluding carboxylic acids is 1. The quantitative estimate of drug-likeness (QED) is 0.660. The Balaban J connectivity index is 1.74. The molecular weight excluding hydrogens is 302 g/mol. The first kappa shape index (κ1) is 15.4. The Kier molecular flexibility index (Phi) is 4.18. The number of rotatable bonds is 3. The first-order valence-electron chi connectivity index (χ1n) is 7.77. The number of nitrogens with zero attached hydrogens (tertiary/aromatic N) is 1. The summed E-state index contributed by atoms with van der Waals surface area (Å²) < 4.78 is 0. The molecule has 1 heterocycles. The standard InChI is InChI=1S/C15H21N3O3S/c1-8-12(18(20)21)7-13(22-8)15(19)17-14-9-3-2-4-10(14)6-11(16)5-9/h7,9-11,14H,2-6,16H2,1H3,(H,17,19). The lowest BCUT2D eigenvalue weighted by atomic mass is 9.67. The van der Waals surface area contributed by atoms with E-state index in [0.717, 1.165) is 25.7 Å². The number of aryl methyl sites for hydroxylation is 1. The largest absolute Gasteiger partial charge is 0.348 e. The van der Waals surface area contributed by atoms with Gasteiger partial charge in [0.1, 0.15) is 0 Å². The van der Waals surface area contributed by atoms with Crippen molar-refractivity contribution in [3.05, 3.63) is 25.9 Å². The smallest absolute Gasteiger partial charge is 0.283 e. The summed E-state index contributed by atoms with van der Waals surface area (Å²) in [6.45, 7) is 1.67. The highest BCUT2D eigenvalue weighted by atomic mass is 32.1. The Morgan fingerprint density at radius 1 is 1.41 bits per heavy atom. The molecule has 0 aliphatic heterocycles. The van der Waals surface area contributed by atoms with E-state index in [9.17, 15) is 14.9 Å². The normalized spacial score (nSPS) is 30.8. The summed E-state index contributed by atoms with van der Waals surface area (Å²) >= 11 is 1.19. The van der Waals surface area contributed by atoms with Crippen LogP contribution in [0.25, 0.3) is 0 Å². The predicted octanol–water partition coefficient (Wildman–Crippen LogP) is 2.60. The van der Waals surface area contributed by atoms with Gasteiger partial charge in [-0.05, 0) is 44.4 Å². The maximum Gasteiger partial charge on any atom is 0.283 e. The summed E-state index contributed by atoms with van der Waals surface area (Å²) in [5, 5.41) is 14.0. The van der Waals surface area contributed by atoms with Gasteiger partial charge in [-0.3, -0.25) is 14.9 Å². The molecule has 1 aromatic heterocycles. The third kappa shape index (κ3) is 2.87. The van der Waals surface area contributed by atoms with Gasteiger partial charge in [-0.1, -0.05) is 6.42 Å². The van der Waals surface area contributed by atoms with Crippen molar-refractivity contribution < 1.29 is 9.72 Å². The van der Waals surface area contributed by atoms with Crippen LogP contribution in [-0.2, 0) is 0 Å². The summed E-state index contributed by atoms with van der Waals surface area (Å²) in [7, 11) is 0. The molecule has 0 aromatic carbocycles. The van der Waals surface area contributed by atoms with Crippen LogP contribution in [0.4, 0.5) is 5.69 Å². The average Bonchev–Trinajstić information content (AvgIpc) is 2.82. The lowest BCUT2D eigenvalue weighted by molar-refractivity contribution is -0.385. The molecule has 2 unspecified atom stereocenters. The van der Waals surface area contributed by atoms with Crippen molar-refractivity contribution in [3.8, 4) is 0 Å². The molecule has 6 nitrogen and oxygen atoms in total. The van der Waals surface area contributed by atoms with Gasteiger partial charge in [-0.2, -0.15) is 0 Å². The maximum absolute atomic E-state index is 12.5. The lowest BCUT2D eigenvalue weighted by Crippen LogP contribution is -2.53. The topological polar surface area (TPSA) is 98.3 Å². The number of nitro groups is 1. The number of hydrogen-bond acceptors (Lipinski definition) is 5. The summed E-state index contributed by atoms with van der Waals surface area (Å²) in [4.78, 5) is 23.9. The van der Waals surface area contributed by atoms with E-state index < -0.39 is 4.92 Å². The van der Waals surface area contributed by atoms with E-state index >= 15 is 0 Å². The van der Waals surface area contributed by atoms with Gasteiger partial charge in [-0.15, -0.1) is 11.3 Å². The second-order valence-electron chi connectivity index (χ2n) is 6.49. The van der Waals surface area contributed by atoms with E-state index in [4.69, 9.17) is 5.73 Å². The summed E-state index contributed by atoms with van der Waals surface area (Å²) in [6.07, 6.45) is 5.35. The third-order valence-electron chi connectivity index (χ3n) is 4.99. The predicted molar refractivity (Wildman–Crippen MR) is 85.0 cm³/mol. The molecule has 2 bridgehead atoms. The van der Waals surface area contributed by atoms with Crippen molar-refractivity contribution in [2.24, 2.45) is 17.6 Å². The minimum atomic E-state index is -0.434. The number of nitrogens with two attached hydrogens (primary N) is 1. The number of carbonyl (C=O) groups is 1. The van der Waals surface area contributed by atoms with Gasteiger partial charge in [0.2, 0.25) is 0 Å². The monoisotopic (exact) mass is 323 g/mol. The van der Waals surface area contributed by atoms with Gasteiger partial charge in [-0.25, -0.2) is 0 Å². The van der Waals surface area contributed by atoms with Gasteiger partial charge < -0.3 is 11.1 Å². The van der Waals surface area contributed by atoms with Crippen LogP contribution < -0.4 is 11.1 Å². The van der Waals surface area contributed by atoms with E-state index in [1.54, 1.807) is 6.92 Å². The number of nitrogens with one attached hydrogen (secondary N) is 1. The molecule has 2 fully saturated rings. The van der Waals surface area contributed by atoms with E-state index in [1.807, 2.05) is 0 Å². The molecule has 0 spiro atoms. The Morgan fingerprint density at radius 2 is 2.05 bits per heavy atom. The first-order chi connectivity index (χ1) is 10.5. The average molecular weight is 323 g/mol. The zero-order valence-corrected chi connectivity index (χ0v) is 13.4. The van der Waals surface area contributed by atoms with Crippen molar-refractivity contribution in [2.45, 2.75) is 51.1 Å². The van der Waals surface area contributed by atoms with Gasteiger partial charge in [0.05, 0.1) is 14.7 Å². The molecule has 2 aliphatic rings. The Morgan fingerprint density at radius 3 is 2.59 bits per heavy atom. The van der Waals surface area contributed by atoms with Crippen LogP contribution in [-0.4, -0.2) is 22.9 Å². The fraction of sp³-hybridized carbons (Fsp3) is 0.667. The second kappa shape index (κ2) is 5.96. The Hall–Kier alpha value is -1.47. The van der Waals surface area contributed by atoms with Crippen molar-refractivity contribution in [1.82, 2.24) is 5.32 Å². The third-order valence-corrected chi connectivity index (χ3v) is 6.02. The summed E-state index contributed by atoms with van der Waals surface area (Å²) in [5.41, 5.74) is 6.13. The molecule has 0 saturated heterocycles. The Bertz CT molecular complexity index is 587. The zero-order chi connectivity index (χ0) is 15.9. The van der Waals surface area contributed by atoms with Crippen LogP contribution >= 0.6 is 11.3 Å². The van der Waals surface area contributed by atoms with Gasteiger partial charge in [0, 0.05) is 18.2 Å². The maximum atomic E-state index is 12.5. The fourth-order valence-electron chi connectivity index (χ4n) is 4.01. The Labute approximate surface area is 133 Å². The first-order valence-corrected chi connectivity index (χ1v) is 8.58. The molecule has 3 rings (SSSR count). The van der Waals surface area contributed by atoms with Crippen LogP contribution in [0.1, 0.15) is 46.7 Å². The minimum Gasteiger partial charge on any atom is -0.348 e. The van der Waals surface area contributed by atoms with E-state index in [2.05, 4.69) is 5.32 Å². The van der Waals surface area contributed by atoms with E-state index in [1.165, 1.54) is 23.8 Å². The number of thiophene rings is 1. The highest BCUT2D eigenvalue weighted by molar-refractivity contribution is 7.14. The van der Waals surface area contributed by atoms with Gasteiger partial charge in [0.25, 0.3) is 11.6 Å². The molecule has 1 aromatic rings. The zero-order valence-electron chi connectivity index (χ0n) is 12.6. The second-order valence-corrected chi connectivity index (χ2v) is 7.75. The van der Waals surface area contributed by atoms with Crippen molar-refractivity contribution in [2.75, 3.05) is 0 Å². The van der Waals surface area contributed by atoms with Crippen LogP contribution in [0, 0.1) is 28.9 Å². The summed E-state index contributed by atoms with van der Waals surface area (Å²) in [6, 6.07) is 1.80. The molecular formula is C15H21N3O3S. The van der Waals surface area contributed by atoms with Crippen molar-refractivity contribution in [1.29, 1.82) is 0 Å². The molecule has 2 aliphatic carbocycles. The minimum absolute atomic E-state index is 0.0287. The van der Waals surface area contributed by atoms with Crippen LogP contribution in [0.2, 0.25) is 0 Å². The van der Waals surface area contributed by atoms with Crippen molar-refractivity contribution >= 4 is 22.9 Å². The SMILES string of the molecule is Cc1sc(C(=O)NC2C3CCCC2CC(N)C3)cc1[N+](=O)[O-]. The highest BCUT2D eigenvalue weighted by Crippen LogP contribution is 2.40. The molecule has 22 heavy (non-hydrogen) atoms. The lowest BCUT2D eigenvalue weighted by Gasteiger charge is -2.45. The van der Waals surface area contributed by atoms with Crippen molar-refractivity contribution in [3.63, 3.8) is 0 Å². The highest BCUT2D eigenvalue weighted by Gasteiger charge is 2.40. The number of amides is 1. The van der Waals surface area contributed by atoms with Gasteiger partial charge in [0.15, 0.2) is 0 Å². The van der Waals surface area contributed by atoms with Crippen LogP contribution in [0.3, 0.4) is 0 Å². The molecule has 2 atom stereocenters. The molecule has 2 saturated carbocycles. The molecule has 0 radical (unpaired) electrons. The van der Waals surface area contributed by atoms with E-state index in [0.29, 0.717) is 21.6 Å².